The molecule has 3 amide bonds. The molecule has 0 aromatic heterocycles. The summed E-state index contributed by atoms with van der Waals surface area (Å²) in [4.78, 5) is 21.2. The zero-order chi connectivity index (χ0) is 12.1. The van der Waals surface area contributed by atoms with Crippen molar-refractivity contribution in [2.45, 2.75) is 6.42 Å². The number of primary amides is 1. The highest BCUT2D eigenvalue weighted by Crippen LogP contribution is 2.09. The predicted molar refractivity (Wildman–Crippen MR) is 52.1 cm³/mol. The Bertz CT molecular complexity index is 401. The molecule has 1 aromatic rings. The maximum absolute atomic E-state index is 12.7. The molecular formula is C10H9F2N2O2. The first kappa shape index (κ1) is 12.1. The van der Waals surface area contributed by atoms with Crippen molar-refractivity contribution in [1.82, 2.24) is 5.32 Å². The van der Waals surface area contributed by atoms with E-state index >= 15 is 0 Å². The number of hydrogen-bond donors (Lipinski definition) is 2. The zero-order valence-corrected chi connectivity index (χ0v) is 8.17. The molecule has 0 unspecified atom stereocenters. The van der Waals surface area contributed by atoms with Gasteiger partial charge in [-0.15, -0.1) is 0 Å². The van der Waals surface area contributed by atoms with Crippen molar-refractivity contribution < 1.29 is 18.4 Å². The first-order valence-corrected chi connectivity index (χ1v) is 4.36. The van der Waals surface area contributed by atoms with E-state index in [0.29, 0.717) is 0 Å². The molecule has 0 aliphatic rings. The van der Waals surface area contributed by atoms with Crippen molar-refractivity contribution >= 4 is 11.9 Å². The third-order valence-corrected chi connectivity index (χ3v) is 1.69. The van der Waals surface area contributed by atoms with Crippen LogP contribution in [0.2, 0.25) is 0 Å². The Hall–Kier alpha value is -1.98. The van der Waals surface area contributed by atoms with Crippen LogP contribution in [0.1, 0.15) is 5.56 Å². The topological polar surface area (TPSA) is 72.2 Å². The molecular weight excluding hydrogens is 218 g/mol. The van der Waals surface area contributed by atoms with Gasteiger partial charge in [0, 0.05) is 6.07 Å². The number of benzene rings is 1. The Morgan fingerprint density at radius 1 is 1.25 bits per heavy atom. The quantitative estimate of drug-likeness (QED) is 0.805. The minimum Gasteiger partial charge on any atom is -0.351 e. The van der Waals surface area contributed by atoms with Crippen LogP contribution < -0.4 is 11.1 Å². The fourth-order valence-electron chi connectivity index (χ4n) is 1.11. The summed E-state index contributed by atoms with van der Waals surface area (Å²) < 4.78 is 25.5. The van der Waals surface area contributed by atoms with Crippen molar-refractivity contribution in [2.24, 2.45) is 5.73 Å². The van der Waals surface area contributed by atoms with Crippen LogP contribution in [0.25, 0.3) is 0 Å². The Labute approximate surface area is 90.4 Å². The number of nitrogens with two attached hydrogens (primary N) is 1. The number of carbonyl (C=O) groups is 2. The number of halogens is 2. The SMILES string of the molecule is NC(=O)NC(=O)[CH]Cc1cc(F)cc(F)c1. The van der Waals surface area contributed by atoms with Gasteiger partial charge in [0.1, 0.15) is 11.6 Å². The molecule has 0 heterocycles. The lowest BCUT2D eigenvalue weighted by molar-refractivity contribution is -0.116. The molecule has 85 valence electrons. The van der Waals surface area contributed by atoms with Crippen molar-refractivity contribution in [3.63, 3.8) is 0 Å². The van der Waals surface area contributed by atoms with E-state index in [2.05, 4.69) is 0 Å². The summed E-state index contributed by atoms with van der Waals surface area (Å²) in [5.41, 5.74) is 4.99. The Balaban J connectivity index is 2.54. The summed E-state index contributed by atoms with van der Waals surface area (Å²) in [7, 11) is 0. The fourth-order valence-corrected chi connectivity index (χ4v) is 1.11. The van der Waals surface area contributed by atoms with E-state index in [-0.39, 0.29) is 12.0 Å². The molecule has 1 aromatic carbocycles. The molecule has 0 aliphatic carbocycles. The molecule has 0 aliphatic heterocycles. The van der Waals surface area contributed by atoms with Gasteiger partial charge in [0.05, 0.1) is 6.42 Å². The number of hydrogen-bond acceptors (Lipinski definition) is 2. The zero-order valence-electron chi connectivity index (χ0n) is 8.17. The monoisotopic (exact) mass is 227 g/mol. The summed E-state index contributed by atoms with van der Waals surface area (Å²) in [6.07, 6.45) is 1.08. The Morgan fingerprint density at radius 3 is 2.31 bits per heavy atom. The second-order valence-electron chi connectivity index (χ2n) is 3.04. The van der Waals surface area contributed by atoms with E-state index in [1.54, 1.807) is 5.32 Å². The predicted octanol–water partition coefficient (Wildman–Crippen LogP) is 0.906. The van der Waals surface area contributed by atoms with Gasteiger partial charge >= 0.3 is 6.03 Å². The highest BCUT2D eigenvalue weighted by molar-refractivity contribution is 5.98. The average molecular weight is 227 g/mol. The van der Waals surface area contributed by atoms with Gasteiger partial charge in [0.2, 0.25) is 5.91 Å². The van der Waals surface area contributed by atoms with Gasteiger partial charge in [0.25, 0.3) is 0 Å². The summed E-state index contributed by atoms with van der Waals surface area (Å²) in [5.74, 6) is -2.16. The van der Waals surface area contributed by atoms with Crippen LogP contribution in [0.15, 0.2) is 18.2 Å². The van der Waals surface area contributed by atoms with Crippen LogP contribution in [0, 0.1) is 18.1 Å². The van der Waals surface area contributed by atoms with Gasteiger partial charge in [-0.2, -0.15) is 0 Å². The van der Waals surface area contributed by atoms with Crippen molar-refractivity contribution in [1.29, 1.82) is 0 Å². The van der Waals surface area contributed by atoms with Crippen molar-refractivity contribution in [3.8, 4) is 0 Å². The molecule has 4 nitrogen and oxygen atoms in total. The van der Waals surface area contributed by atoms with Gasteiger partial charge in [-0.3, -0.25) is 10.1 Å². The summed E-state index contributed by atoms with van der Waals surface area (Å²) in [6, 6.07) is 1.94. The molecule has 0 atom stereocenters. The van der Waals surface area contributed by atoms with E-state index in [0.717, 1.165) is 24.6 Å². The molecule has 0 saturated heterocycles. The number of urea groups is 1. The van der Waals surface area contributed by atoms with E-state index in [9.17, 15) is 18.4 Å². The van der Waals surface area contributed by atoms with Gasteiger partial charge in [0.15, 0.2) is 0 Å². The normalized spacial score (nSPS) is 9.88. The van der Waals surface area contributed by atoms with Crippen LogP contribution in [0.5, 0.6) is 0 Å². The van der Waals surface area contributed by atoms with Crippen LogP contribution >= 0.6 is 0 Å². The van der Waals surface area contributed by atoms with Gasteiger partial charge in [-0.25, -0.2) is 13.6 Å². The standard InChI is InChI=1S/C10H9F2N2O2/c11-7-3-6(4-8(12)5-7)1-2-9(15)14-10(13)16/h2-5H,1H2,(H3,13,14,15,16). The molecule has 0 spiro atoms. The first-order chi connectivity index (χ1) is 7.47. The maximum atomic E-state index is 12.7. The number of rotatable bonds is 3. The van der Waals surface area contributed by atoms with Crippen molar-refractivity contribution in [3.05, 3.63) is 41.8 Å². The number of carbonyl (C=O) groups excluding carboxylic acids is 2. The molecule has 0 bridgehead atoms. The third-order valence-electron chi connectivity index (χ3n) is 1.69. The van der Waals surface area contributed by atoms with E-state index in [4.69, 9.17) is 5.73 Å². The second-order valence-corrected chi connectivity index (χ2v) is 3.04. The van der Waals surface area contributed by atoms with Crippen molar-refractivity contribution in [2.75, 3.05) is 0 Å². The lowest BCUT2D eigenvalue weighted by Crippen LogP contribution is -2.35. The largest absolute Gasteiger partial charge is 0.351 e. The van der Waals surface area contributed by atoms with E-state index in [1.165, 1.54) is 0 Å². The first-order valence-electron chi connectivity index (χ1n) is 4.36. The smallest absolute Gasteiger partial charge is 0.318 e. The van der Waals surface area contributed by atoms with Gasteiger partial charge in [-0.1, -0.05) is 0 Å². The molecule has 1 rings (SSSR count). The summed E-state index contributed by atoms with van der Waals surface area (Å²) in [6.45, 7) is 0. The van der Waals surface area contributed by atoms with E-state index < -0.39 is 23.6 Å². The minimum atomic E-state index is -0.980. The highest BCUT2D eigenvalue weighted by atomic mass is 19.1. The molecule has 1 radical (unpaired) electrons. The Morgan fingerprint density at radius 2 is 1.81 bits per heavy atom. The fraction of sp³-hybridized carbons (Fsp3) is 0.100. The van der Waals surface area contributed by atoms with Crippen LogP contribution in [0.3, 0.4) is 0 Å². The molecule has 6 heteroatoms. The van der Waals surface area contributed by atoms with Gasteiger partial charge < -0.3 is 5.73 Å². The Kier molecular flexibility index (Phi) is 3.93. The lowest BCUT2D eigenvalue weighted by Gasteiger charge is -2.02. The van der Waals surface area contributed by atoms with Crippen LogP contribution in [-0.2, 0) is 11.2 Å². The van der Waals surface area contributed by atoms with E-state index in [1.807, 2.05) is 0 Å². The number of nitrogens with one attached hydrogen (secondary N) is 1. The molecule has 16 heavy (non-hydrogen) atoms. The lowest BCUT2D eigenvalue weighted by atomic mass is 10.1. The van der Waals surface area contributed by atoms with Crippen LogP contribution in [0.4, 0.5) is 13.6 Å². The number of imide groups is 1. The molecule has 0 saturated carbocycles. The second kappa shape index (κ2) is 5.20. The third kappa shape index (κ3) is 4.04. The molecule has 3 N–H and O–H groups in total. The van der Waals surface area contributed by atoms with Crippen LogP contribution in [-0.4, -0.2) is 11.9 Å². The number of amides is 3. The summed E-state index contributed by atoms with van der Waals surface area (Å²) >= 11 is 0. The molecule has 0 fully saturated rings. The summed E-state index contributed by atoms with van der Waals surface area (Å²) in [5, 5.41) is 1.80. The highest BCUT2D eigenvalue weighted by Gasteiger charge is 2.06. The minimum absolute atomic E-state index is 0.00773. The maximum Gasteiger partial charge on any atom is 0.318 e. The average Bonchev–Trinajstić information content (AvgIpc) is 2.12. The van der Waals surface area contributed by atoms with Gasteiger partial charge in [-0.05, 0) is 24.1 Å².